The number of benzene rings is 2. The maximum Gasteiger partial charge on any atom is 0.535 e. The van der Waals surface area contributed by atoms with E-state index in [9.17, 15) is 18.8 Å². The number of aromatic amines is 1. The number of aromatic nitrogens is 4. The molecule has 220 valence electrons. The van der Waals surface area contributed by atoms with Crippen LogP contribution in [0.2, 0.25) is 0 Å². The van der Waals surface area contributed by atoms with Gasteiger partial charge in [-0.15, -0.1) is 5.10 Å². The van der Waals surface area contributed by atoms with E-state index in [2.05, 4.69) is 44.7 Å². The lowest BCUT2D eigenvalue weighted by Gasteiger charge is -2.22. The van der Waals surface area contributed by atoms with Crippen molar-refractivity contribution in [3.8, 4) is 0 Å². The van der Waals surface area contributed by atoms with Crippen LogP contribution in [0.5, 0.6) is 0 Å². The van der Waals surface area contributed by atoms with Gasteiger partial charge in [-0.2, -0.15) is 0 Å². The highest BCUT2D eigenvalue weighted by Gasteiger charge is 2.43. The van der Waals surface area contributed by atoms with Crippen LogP contribution < -0.4 is 15.5 Å². The number of rotatable bonds is 10. The molecule has 0 radical (unpaired) electrons. The smallest absolute Gasteiger partial charge is 0.422 e. The third-order valence-corrected chi connectivity index (χ3v) is 7.49. The molecule has 4 aromatic rings. The molecule has 0 aliphatic carbocycles. The highest BCUT2D eigenvalue weighted by atomic mass is 19.1. The van der Waals surface area contributed by atoms with E-state index in [1.807, 2.05) is 0 Å². The second-order valence-corrected chi connectivity index (χ2v) is 9.98. The van der Waals surface area contributed by atoms with Gasteiger partial charge in [0.2, 0.25) is 5.91 Å². The number of H-pyrrole nitrogens is 1. The molecule has 0 saturated carbocycles. The summed E-state index contributed by atoms with van der Waals surface area (Å²) in [5.41, 5.74) is 3.29. The van der Waals surface area contributed by atoms with Gasteiger partial charge in [0, 0.05) is 24.5 Å². The molecule has 0 saturated heterocycles. The number of hydrogen-bond donors (Lipinski definition) is 3. The first kappa shape index (κ1) is 28.7. The van der Waals surface area contributed by atoms with Crippen molar-refractivity contribution in [2.75, 3.05) is 31.5 Å². The molecular weight excluding hydrogens is 545 g/mol. The van der Waals surface area contributed by atoms with E-state index in [0.717, 1.165) is 17.9 Å². The van der Waals surface area contributed by atoms with Crippen molar-refractivity contribution in [3.05, 3.63) is 76.4 Å². The number of aryl methyl sites for hydroxylation is 1. The first-order valence-corrected chi connectivity index (χ1v) is 13.7. The molecule has 2 unspecified atom stereocenters. The number of halogens is 1. The van der Waals surface area contributed by atoms with Crippen LogP contribution in [0.4, 0.5) is 14.9 Å². The zero-order chi connectivity index (χ0) is 30.0. The maximum absolute atomic E-state index is 14.3. The molecule has 2 aromatic heterocycles. The Morgan fingerprint density at radius 2 is 1.93 bits per heavy atom. The van der Waals surface area contributed by atoms with E-state index < -0.39 is 29.9 Å². The number of nitrogens with one attached hydrogen (secondary N) is 3. The van der Waals surface area contributed by atoms with Crippen LogP contribution in [0, 0.1) is 19.7 Å². The summed E-state index contributed by atoms with van der Waals surface area (Å²) in [5, 5.41) is 13.4. The predicted octanol–water partition coefficient (Wildman–Crippen LogP) is 3.63. The fourth-order valence-electron chi connectivity index (χ4n) is 5.32. The molecule has 2 aromatic carbocycles. The molecule has 3 heterocycles. The van der Waals surface area contributed by atoms with Crippen molar-refractivity contribution in [1.82, 2.24) is 30.4 Å². The summed E-state index contributed by atoms with van der Waals surface area (Å²) in [7, 11) is 0. The molecule has 3 N–H and O–H groups in total. The van der Waals surface area contributed by atoms with Gasteiger partial charge in [-0.1, -0.05) is 30.8 Å². The summed E-state index contributed by atoms with van der Waals surface area (Å²) in [5.74, 6) is -2.50. The highest BCUT2D eigenvalue weighted by Crippen LogP contribution is 2.44. The largest absolute Gasteiger partial charge is 0.535 e. The van der Waals surface area contributed by atoms with Crippen molar-refractivity contribution in [3.63, 3.8) is 0 Å². The topological polar surface area (TPSA) is 143 Å². The molecule has 5 rings (SSSR count). The maximum atomic E-state index is 14.3. The minimum atomic E-state index is -1.30. The lowest BCUT2D eigenvalue weighted by atomic mass is 9.90. The monoisotopic (exact) mass is 577 g/mol. The average Bonchev–Trinajstić information content (AvgIpc) is 3.61. The Hall–Kier alpha value is -4.78. The minimum Gasteiger partial charge on any atom is -0.422 e. The summed E-state index contributed by atoms with van der Waals surface area (Å²) >= 11 is 0. The van der Waals surface area contributed by atoms with Crippen LogP contribution in [-0.4, -0.2) is 69.2 Å². The van der Waals surface area contributed by atoms with Gasteiger partial charge in [0.1, 0.15) is 22.8 Å². The van der Waals surface area contributed by atoms with Crippen LogP contribution >= 0.6 is 0 Å². The SMILES string of the molecule is CCN(CC)CCNC(=O)c1c(C)[nH]c(C(OC(=O)On2nnc3ccccc32)C2C(=O)Nc3ccc(F)cc32)c1C. The molecule has 0 spiro atoms. The Morgan fingerprint density at radius 1 is 1.17 bits per heavy atom. The Morgan fingerprint density at radius 3 is 2.69 bits per heavy atom. The van der Waals surface area contributed by atoms with E-state index in [1.165, 1.54) is 18.2 Å². The summed E-state index contributed by atoms with van der Waals surface area (Å²) in [6, 6.07) is 10.7. The molecule has 0 fully saturated rings. The predicted molar refractivity (Wildman–Crippen MR) is 151 cm³/mol. The number of fused-ring (bicyclic) bond motifs is 2. The highest BCUT2D eigenvalue weighted by molar-refractivity contribution is 6.04. The number of ether oxygens (including phenoxy) is 1. The average molecular weight is 578 g/mol. The van der Waals surface area contributed by atoms with Gasteiger partial charge < -0.3 is 25.3 Å². The minimum absolute atomic E-state index is 0.305. The van der Waals surface area contributed by atoms with Crippen molar-refractivity contribution in [2.24, 2.45) is 0 Å². The Balaban J connectivity index is 1.47. The normalized spacial score (nSPS) is 15.0. The van der Waals surface area contributed by atoms with Gasteiger partial charge in [-0.3, -0.25) is 14.4 Å². The van der Waals surface area contributed by atoms with Crippen molar-refractivity contribution in [2.45, 2.75) is 39.7 Å². The van der Waals surface area contributed by atoms with Gasteiger partial charge >= 0.3 is 6.16 Å². The van der Waals surface area contributed by atoms with E-state index in [-0.39, 0.29) is 5.91 Å². The molecule has 0 bridgehead atoms. The third kappa shape index (κ3) is 5.55. The van der Waals surface area contributed by atoms with E-state index in [4.69, 9.17) is 9.57 Å². The summed E-state index contributed by atoms with van der Waals surface area (Å²) in [4.78, 5) is 51.2. The van der Waals surface area contributed by atoms with Gasteiger partial charge in [0.05, 0.1) is 11.3 Å². The second kappa shape index (κ2) is 12.0. The van der Waals surface area contributed by atoms with Gasteiger partial charge in [-0.05, 0) is 73.6 Å². The van der Waals surface area contributed by atoms with E-state index in [1.54, 1.807) is 38.1 Å². The molecule has 42 heavy (non-hydrogen) atoms. The van der Waals surface area contributed by atoms with Gasteiger partial charge in [0.25, 0.3) is 5.91 Å². The molecule has 1 aliphatic heterocycles. The lowest BCUT2D eigenvalue weighted by molar-refractivity contribution is -0.120. The molecule has 12 nitrogen and oxygen atoms in total. The number of carbonyl (C=O) groups is 3. The van der Waals surface area contributed by atoms with E-state index >= 15 is 0 Å². The molecule has 1 aliphatic rings. The van der Waals surface area contributed by atoms with Crippen molar-refractivity contribution < 1.29 is 28.3 Å². The molecular formula is C29H32FN7O5. The van der Waals surface area contributed by atoms with Crippen LogP contribution in [0.25, 0.3) is 11.0 Å². The number of amides is 2. The zero-order valence-corrected chi connectivity index (χ0v) is 23.7. The van der Waals surface area contributed by atoms with Crippen LogP contribution in [0.3, 0.4) is 0 Å². The first-order chi connectivity index (χ1) is 20.2. The van der Waals surface area contributed by atoms with Gasteiger partial charge in [0.15, 0.2) is 6.10 Å². The molecule has 13 heteroatoms. The quantitative estimate of drug-likeness (QED) is 0.192. The Kier molecular flexibility index (Phi) is 8.20. The standard InChI is InChI=1S/C29H32FN7O5/c1-5-36(6-2)14-13-31-27(38)23-16(3)25(32-17(23)4)26(24-19-15-18(30)11-12-20(19)33-28(24)39)41-29(40)42-37-22-10-8-7-9-21(22)34-35-37/h7-12,15,24,26,32H,5-6,13-14H2,1-4H3,(H,31,38)(H,33,39). The fraction of sp³-hybridized carbons (Fsp3) is 0.345. The second-order valence-electron chi connectivity index (χ2n) is 9.98. The van der Waals surface area contributed by atoms with Crippen LogP contribution in [-0.2, 0) is 9.53 Å². The summed E-state index contributed by atoms with van der Waals surface area (Å²) < 4.78 is 20.1. The number of anilines is 1. The number of hydrogen-bond acceptors (Lipinski definition) is 8. The zero-order valence-electron chi connectivity index (χ0n) is 23.7. The number of nitrogens with zero attached hydrogens (tertiary/aromatic N) is 4. The first-order valence-electron chi connectivity index (χ1n) is 13.7. The Labute approximate surface area is 241 Å². The Bertz CT molecular complexity index is 1640. The lowest BCUT2D eigenvalue weighted by Crippen LogP contribution is -2.35. The van der Waals surface area contributed by atoms with Crippen LogP contribution in [0.1, 0.15) is 58.7 Å². The van der Waals surface area contributed by atoms with Crippen molar-refractivity contribution >= 4 is 34.7 Å². The molecule has 2 amide bonds. The number of likely N-dealkylation sites (N-methyl/N-ethyl adjacent to an activating group) is 1. The third-order valence-electron chi connectivity index (χ3n) is 7.49. The van der Waals surface area contributed by atoms with Gasteiger partial charge in [-0.25, -0.2) is 9.18 Å². The van der Waals surface area contributed by atoms with E-state index in [0.29, 0.717) is 57.9 Å². The van der Waals surface area contributed by atoms with Crippen LogP contribution in [0.15, 0.2) is 42.5 Å². The summed E-state index contributed by atoms with van der Waals surface area (Å²) in [6.45, 7) is 10.4. The van der Waals surface area contributed by atoms with Crippen molar-refractivity contribution in [1.29, 1.82) is 0 Å². The fourth-order valence-corrected chi connectivity index (χ4v) is 5.32. The number of para-hydroxylation sites is 1. The number of carbonyl (C=O) groups excluding carboxylic acids is 3. The summed E-state index contributed by atoms with van der Waals surface area (Å²) in [6.07, 6.45) is -2.48. The molecule has 2 atom stereocenters.